The van der Waals surface area contributed by atoms with E-state index in [4.69, 9.17) is 5.11 Å². The van der Waals surface area contributed by atoms with Crippen molar-refractivity contribution in [1.82, 2.24) is 30.1 Å². The average molecular weight is 524 g/mol. The average Bonchev–Trinajstić information content (AvgIpc) is 2.82. The maximum absolute atomic E-state index is 13.8. The lowest BCUT2D eigenvalue weighted by Crippen LogP contribution is -2.27. The van der Waals surface area contributed by atoms with Crippen molar-refractivity contribution in [1.29, 1.82) is 0 Å². The number of rotatable bonds is 6. The fourth-order valence-corrected chi connectivity index (χ4v) is 3.17. The molecule has 0 saturated carbocycles. The van der Waals surface area contributed by atoms with Gasteiger partial charge in [0, 0.05) is 19.4 Å². The smallest absolute Gasteiger partial charge is 0.418 e. The number of likely N-dealkylation sites (N-methyl/N-ethyl adjacent to an activating group) is 1. The van der Waals surface area contributed by atoms with E-state index >= 15 is 0 Å². The molecule has 2 N–H and O–H groups in total. The van der Waals surface area contributed by atoms with Gasteiger partial charge in [0.1, 0.15) is 29.3 Å². The molecule has 0 spiro atoms. The fourth-order valence-electron chi connectivity index (χ4n) is 3.17. The Hall–Kier alpha value is -4.63. The van der Waals surface area contributed by atoms with E-state index in [1.165, 1.54) is 19.3 Å². The number of hydrogen-bond donors (Lipinski definition) is 2. The third-order valence-corrected chi connectivity index (χ3v) is 4.89. The summed E-state index contributed by atoms with van der Waals surface area (Å²) in [5.74, 6) is -1.54. The number of anilines is 3. The molecule has 192 valence electrons. The summed E-state index contributed by atoms with van der Waals surface area (Å²) >= 11 is 0. The van der Waals surface area contributed by atoms with Gasteiger partial charge in [-0.1, -0.05) is 0 Å². The van der Waals surface area contributed by atoms with Gasteiger partial charge in [-0.3, -0.25) is 4.79 Å². The minimum Gasteiger partial charge on any atom is -0.480 e. The number of pyridine rings is 2. The zero-order valence-corrected chi connectivity index (χ0v) is 18.5. The molecule has 10 nitrogen and oxygen atoms in total. The largest absolute Gasteiger partial charge is 0.480 e. The Morgan fingerprint density at radius 2 is 1.76 bits per heavy atom. The highest BCUT2D eigenvalue weighted by atomic mass is 19.4. The van der Waals surface area contributed by atoms with Crippen LogP contribution in [0, 0.1) is 0 Å². The van der Waals surface area contributed by atoms with E-state index in [1.54, 1.807) is 0 Å². The molecular formula is C21H14F6N8O2. The lowest BCUT2D eigenvalue weighted by molar-refractivity contribution is -0.138. The molecule has 0 aliphatic rings. The Kier molecular flexibility index (Phi) is 6.49. The van der Waals surface area contributed by atoms with Crippen LogP contribution in [0.25, 0.3) is 22.6 Å². The second-order valence-electron chi connectivity index (χ2n) is 7.55. The van der Waals surface area contributed by atoms with Crippen LogP contribution in [0.2, 0.25) is 0 Å². The number of halogens is 6. The second-order valence-corrected chi connectivity index (χ2v) is 7.55. The van der Waals surface area contributed by atoms with Gasteiger partial charge in [-0.15, -0.1) is 10.2 Å². The standard InChI is InChI=1S/C21H14F6N8O2/c1-35(9-16(36)37)15-6-11(21(25,26)27)17(34-33-15)13-8-30-18-12(4-5-28-19(18)32-13)31-14-3-2-10(7-29-14)20(22,23)24/h2-8H,9H2,1H3,(H,36,37)(H,28,29,31,32). The lowest BCUT2D eigenvalue weighted by Gasteiger charge is -2.18. The van der Waals surface area contributed by atoms with E-state index in [0.717, 1.165) is 23.2 Å². The van der Waals surface area contributed by atoms with Crippen molar-refractivity contribution in [2.75, 3.05) is 23.8 Å². The Balaban J connectivity index is 1.70. The summed E-state index contributed by atoms with van der Waals surface area (Å²) in [7, 11) is 1.25. The molecule has 0 unspecified atom stereocenters. The predicted octanol–water partition coefficient (Wildman–Crippen LogP) is 4.18. The Labute approximate surface area is 203 Å². The number of carbonyl (C=O) groups is 1. The summed E-state index contributed by atoms with van der Waals surface area (Å²) in [6, 6.07) is 4.02. The van der Waals surface area contributed by atoms with Gasteiger partial charge in [0.15, 0.2) is 11.5 Å². The maximum Gasteiger partial charge on any atom is 0.418 e. The normalized spacial score (nSPS) is 12.0. The molecule has 0 bridgehead atoms. The molecule has 0 fully saturated rings. The van der Waals surface area contributed by atoms with Crippen LogP contribution in [-0.4, -0.2) is 54.8 Å². The SMILES string of the molecule is CN(CC(=O)O)c1cc(C(F)(F)F)c(-c2cnc3c(Nc4ccc(C(F)(F)F)cn4)ccnc3n2)nn1. The summed E-state index contributed by atoms with van der Waals surface area (Å²) in [5, 5.41) is 18.9. The quantitative estimate of drug-likeness (QED) is 0.354. The number of carboxylic acid groups (broad SMARTS) is 1. The van der Waals surface area contributed by atoms with Crippen LogP contribution >= 0.6 is 0 Å². The first-order valence-electron chi connectivity index (χ1n) is 10.1. The zero-order chi connectivity index (χ0) is 27.0. The van der Waals surface area contributed by atoms with Crippen LogP contribution in [-0.2, 0) is 17.1 Å². The molecule has 4 rings (SSSR count). The minimum absolute atomic E-state index is 0.0534. The van der Waals surface area contributed by atoms with Crippen LogP contribution in [0.15, 0.2) is 42.9 Å². The van der Waals surface area contributed by atoms with Crippen LogP contribution in [0.3, 0.4) is 0 Å². The highest BCUT2D eigenvalue weighted by Gasteiger charge is 2.36. The topological polar surface area (TPSA) is 130 Å². The number of nitrogens with zero attached hydrogens (tertiary/aromatic N) is 7. The molecule has 0 saturated heterocycles. The summed E-state index contributed by atoms with van der Waals surface area (Å²) in [6.07, 6.45) is -6.52. The van der Waals surface area contributed by atoms with Gasteiger partial charge >= 0.3 is 18.3 Å². The molecule has 0 aliphatic carbocycles. The molecular weight excluding hydrogens is 510 g/mol. The number of aromatic nitrogens is 6. The fraction of sp³-hybridized carbons (Fsp3) is 0.190. The number of aliphatic carboxylic acids is 1. The van der Waals surface area contributed by atoms with Crippen molar-refractivity contribution in [2.45, 2.75) is 12.4 Å². The monoisotopic (exact) mass is 524 g/mol. The van der Waals surface area contributed by atoms with Crippen molar-refractivity contribution in [3.05, 3.63) is 54.0 Å². The Morgan fingerprint density at radius 1 is 1.00 bits per heavy atom. The number of hydrogen-bond acceptors (Lipinski definition) is 9. The van der Waals surface area contributed by atoms with Gasteiger partial charge in [0.25, 0.3) is 0 Å². The predicted molar refractivity (Wildman–Crippen MR) is 117 cm³/mol. The molecule has 4 aromatic rings. The highest BCUT2D eigenvalue weighted by Crippen LogP contribution is 2.37. The summed E-state index contributed by atoms with van der Waals surface area (Å²) in [4.78, 5) is 27.8. The third-order valence-electron chi connectivity index (χ3n) is 4.89. The number of carboxylic acids is 1. The Bertz CT molecular complexity index is 1460. The first-order valence-corrected chi connectivity index (χ1v) is 10.1. The van der Waals surface area contributed by atoms with E-state index in [9.17, 15) is 31.1 Å². The van der Waals surface area contributed by atoms with E-state index in [1.807, 2.05) is 0 Å². The van der Waals surface area contributed by atoms with E-state index in [0.29, 0.717) is 12.3 Å². The van der Waals surface area contributed by atoms with E-state index < -0.39 is 41.7 Å². The van der Waals surface area contributed by atoms with Crippen LogP contribution in [0.1, 0.15) is 11.1 Å². The Morgan fingerprint density at radius 3 is 2.38 bits per heavy atom. The molecule has 4 aromatic heterocycles. The molecule has 0 aliphatic heterocycles. The summed E-state index contributed by atoms with van der Waals surface area (Å²) < 4.78 is 79.7. The maximum atomic E-state index is 13.8. The molecule has 0 atom stereocenters. The lowest BCUT2D eigenvalue weighted by atomic mass is 10.1. The number of nitrogens with one attached hydrogen (secondary N) is 1. The molecule has 4 heterocycles. The first-order chi connectivity index (χ1) is 17.3. The first kappa shape index (κ1) is 25.5. The van der Waals surface area contributed by atoms with Crippen molar-refractivity contribution >= 4 is 34.5 Å². The molecule has 0 radical (unpaired) electrons. The van der Waals surface area contributed by atoms with Crippen molar-refractivity contribution in [3.63, 3.8) is 0 Å². The highest BCUT2D eigenvalue weighted by molar-refractivity contribution is 5.87. The molecule has 37 heavy (non-hydrogen) atoms. The van der Waals surface area contributed by atoms with Gasteiger partial charge in [0.2, 0.25) is 0 Å². The number of alkyl halides is 6. The van der Waals surface area contributed by atoms with E-state index in [2.05, 4.69) is 35.5 Å². The van der Waals surface area contributed by atoms with Gasteiger partial charge in [-0.25, -0.2) is 19.9 Å². The third kappa shape index (κ3) is 5.62. The zero-order valence-electron chi connectivity index (χ0n) is 18.5. The van der Waals surface area contributed by atoms with Gasteiger partial charge in [-0.2, -0.15) is 26.3 Å². The molecule has 16 heteroatoms. The second kappa shape index (κ2) is 9.44. The van der Waals surface area contributed by atoms with Gasteiger partial charge < -0.3 is 15.3 Å². The van der Waals surface area contributed by atoms with Crippen LogP contribution in [0.5, 0.6) is 0 Å². The van der Waals surface area contributed by atoms with Crippen molar-refractivity contribution in [3.8, 4) is 11.4 Å². The van der Waals surface area contributed by atoms with Crippen molar-refractivity contribution in [2.24, 2.45) is 0 Å². The summed E-state index contributed by atoms with van der Waals surface area (Å²) in [5.41, 5.74) is -2.86. The molecule has 0 aromatic carbocycles. The van der Waals surface area contributed by atoms with Gasteiger partial charge in [-0.05, 0) is 24.3 Å². The summed E-state index contributed by atoms with van der Waals surface area (Å²) in [6.45, 7) is -0.603. The minimum atomic E-state index is -4.88. The van der Waals surface area contributed by atoms with Crippen LogP contribution < -0.4 is 10.2 Å². The molecule has 0 amide bonds. The van der Waals surface area contributed by atoms with E-state index in [-0.39, 0.29) is 34.2 Å². The number of fused-ring (bicyclic) bond motifs is 1. The van der Waals surface area contributed by atoms with Crippen molar-refractivity contribution < 1.29 is 36.2 Å². The van der Waals surface area contributed by atoms with Gasteiger partial charge in [0.05, 0.1) is 23.0 Å². The van der Waals surface area contributed by atoms with Crippen LogP contribution in [0.4, 0.5) is 43.7 Å².